The average molecular weight is 537 g/mol. The molecule has 0 spiro atoms. The van der Waals surface area contributed by atoms with E-state index in [0.717, 1.165) is 37.9 Å². The quantitative estimate of drug-likeness (QED) is 0.478. The maximum atomic E-state index is 13.7. The van der Waals surface area contributed by atoms with Crippen LogP contribution in [0.1, 0.15) is 49.7 Å². The first-order chi connectivity index (χ1) is 17.1. The highest BCUT2D eigenvalue weighted by molar-refractivity contribution is 7.89. The van der Waals surface area contributed by atoms with Crippen LogP contribution in [0, 0.1) is 25.1 Å². The van der Waals surface area contributed by atoms with Gasteiger partial charge in [-0.1, -0.05) is 11.6 Å². The summed E-state index contributed by atoms with van der Waals surface area (Å²) < 4.78 is 48.5. The molecule has 1 amide bonds. The zero-order valence-electron chi connectivity index (χ0n) is 20.9. The number of sulfonamides is 1. The highest BCUT2D eigenvalue weighted by Crippen LogP contribution is 2.38. The second kappa shape index (κ2) is 11.1. The number of carbonyl (C=O) groups is 1. The molecule has 0 radical (unpaired) electrons. The maximum absolute atomic E-state index is 13.7. The molecule has 196 valence electrons. The highest BCUT2D eigenvalue weighted by Gasteiger charge is 2.43. The Kier molecular flexibility index (Phi) is 8.27. The summed E-state index contributed by atoms with van der Waals surface area (Å²) in [7, 11) is -3.87. The lowest BCUT2D eigenvalue weighted by Crippen LogP contribution is -2.51. The first-order valence-electron chi connectivity index (χ1n) is 12.5. The minimum atomic E-state index is -3.87. The van der Waals surface area contributed by atoms with Crippen LogP contribution in [0.4, 0.5) is 4.39 Å². The number of rotatable bonds is 7. The lowest BCUT2D eigenvalue weighted by molar-refractivity contribution is -0.136. The zero-order chi connectivity index (χ0) is 25.9. The molecule has 2 saturated heterocycles. The molecule has 2 fully saturated rings. The Labute approximate surface area is 218 Å². The number of carbonyl (C=O) groups excluding carboxylic acids is 1. The summed E-state index contributed by atoms with van der Waals surface area (Å²) >= 11 is 6.16. The fraction of sp³-hybridized carbons (Fsp3) is 0.519. The fourth-order valence-electron chi connectivity index (χ4n) is 5.24. The molecule has 0 bridgehead atoms. The van der Waals surface area contributed by atoms with Crippen LogP contribution < -0.4 is 4.74 Å². The molecule has 2 aromatic rings. The van der Waals surface area contributed by atoms with Crippen LogP contribution in [0.2, 0.25) is 5.02 Å². The lowest BCUT2D eigenvalue weighted by Gasteiger charge is -2.42. The zero-order valence-corrected chi connectivity index (χ0v) is 22.5. The minimum absolute atomic E-state index is 0.0443. The molecule has 1 atom stereocenters. The van der Waals surface area contributed by atoms with Crippen molar-refractivity contribution in [2.75, 3.05) is 32.8 Å². The number of halogens is 2. The summed E-state index contributed by atoms with van der Waals surface area (Å²) in [6.07, 6.45) is 4.60. The predicted molar refractivity (Wildman–Crippen MR) is 138 cm³/mol. The number of piperidine rings is 2. The Bertz CT molecular complexity index is 1220. The molecule has 0 aromatic heterocycles. The van der Waals surface area contributed by atoms with Gasteiger partial charge < -0.3 is 9.64 Å². The molecule has 2 aromatic carbocycles. The van der Waals surface area contributed by atoms with E-state index in [0.29, 0.717) is 35.7 Å². The van der Waals surface area contributed by atoms with Gasteiger partial charge in [0.15, 0.2) is 0 Å². The largest absolute Gasteiger partial charge is 0.493 e. The summed E-state index contributed by atoms with van der Waals surface area (Å²) in [5, 5.41) is 0.641. The standard InChI is InChI=1S/C27H34ClFN2O4S/c1-20-16-23(8-9-24(20)28)35-19-27(17-26(32)30-12-4-3-5-13-30)11-6-14-31(18-27)36(33,34)25-10-7-22(29)15-21(25)2/h7-10,15-16H,3-6,11-14,17-19H2,1-2H3. The molecule has 0 N–H and O–H groups in total. The maximum Gasteiger partial charge on any atom is 0.243 e. The monoisotopic (exact) mass is 536 g/mol. The summed E-state index contributed by atoms with van der Waals surface area (Å²) in [6, 6.07) is 9.13. The first kappa shape index (κ1) is 26.9. The van der Waals surface area contributed by atoms with Gasteiger partial charge >= 0.3 is 0 Å². The second-order valence-electron chi connectivity index (χ2n) is 10.2. The Morgan fingerprint density at radius 1 is 1.03 bits per heavy atom. The van der Waals surface area contributed by atoms with Crippen LogP contribution in [-0.2, 0) is 14.8 Å². The van der Waals surface area contributed by atoms with E-state index >= 15 is 0 Å². The van der Waals surface area contributed by atoms with Gasteiger partial charge in [0.05, 0.1) is 11.5 Å². The van der Waals surface area contributed by atoms with E-state index in [4.69, 9.17) is 16.3 Å². The number of likely N-dealkylation sites (tertiary alicyclic amines) is 1. The van der Waals surface area contributed by atoms with E-state index < -0.39 is 21.3 Å². The average Bonchev–Trinajstić information content (AvgIpc) is 2.85. The van der Waals surface area contributed by atoms with Crippen LogP contribution in [-0.4, -0.2) is 56.3 Å². The lowest BCUT2D eigenvalue weighted by atomic mass is 9.78. The third-order valence-electron chi connectivity index (χ3n) is 7.29. The van der Waals surface area contributed by atoms with Gasteiger partial charge in [0, 0.05) is 43.0 Å². The van der Waals surface area contributed by atoms with Crippen molar-refractivity contribution in [3.63, 3.8) is 0 Å². The van der Waals surface area contributed by atoms with E-state index in [1.165, 1.54) is 22.5 Å². The number of amides is 1. The van der Waals surface area contributed by atoms with Crippen molar-refractivity contribution >= 4 is 27.5 Å². The van der Waals surface area contributed by atoms with Crippen molar-refractivity contribution in [3.8, 4) is 5.75 Å². The molecule has 2 aliphatic heterocycles. The van der Waals surface area contributed by atoms with Gasteiger partial charge in [-0.15, -0.1) is 0 Å². The van der Waals surface area contributed by atoms with Crippen molar-refractivity contribution in [2.45, 2.75) is 57.3 Å². The van der Waals surface area contributed by atoms with Crippen molar-refractivity contribution in [1.82, 2.24) is 9.21 Å². The van der Waals surface area contributed by atoms with Crippen LogP contribution >= 0.6 is 11.6 Å². The number of benzene rings is 2. The Balaban J connectivity index is 1.60. The Morgan fingerprint density at radius 2 is 1.78 bits per heavy atom. The molecule has 9 heteroatoms. The van der Waals surface area contributed by atoms with E-state index in [1.807, 2.05) is 17.9 Å². The first-order valence-corrected chi connectivity index (χ1v) is 14.3. The summed E-state index contributed by atoms with van der Waals surface area (Å²) in [4.78, 5) is 15.3. The Hall–Kier alpha value is -2.16. The summed E-state index contributed by atoms with van der Waals surface area (Å²) in [5.41, 5.74) is 0.567. The number of nitrogens with zero attached hydrogens (tertiary/aromatic N) is 2. The van der Waals surface area contributed by atoms with Crippen LogP contribution in [0.15, 0.2) is 41.3 Å². The van der Waals surface area contributed by atoms with Crippen LogP contribution in [0.5, 0.6) is 5.75 Å². The van der Waals surface area contributed by atoms with E-state index in [9.17, 15) is 17.6 Å². The van der Waals surface area contributed by atoms with Gasteiger partial charge in [-0.3, -0.25) is 4.79 Å². The smallest absolute Gasteiger partial charge is 0.243 e. The number of hydrogen-bond donors (Lipinski definition) is 0. The van der Waals surface area contributed by atoms with Gasteiger partial charge in [-0.05, 0) is 93.5 Å². The van der Waals surface area contributed by atoms with Gasteiger partial charge in [0.2, 0.25) is 15.9 Å². The summed E-state index contributed by atoms with van der Waals surface area (Å²) in [6.45, 7) is 5.69. The third kappa shape index (κ3) is 6.03. The SMILES string of the molecule is Cc1cc(OCC2(CC(=O)N3CCCCC3)CCCN(S(=O)(=O)c3ccc(F)cc3C)C2)ccc1Cl. The molecular weight excluding hydrogens is 503 g/mol. The number of hydrogen-bond acceptors (Lipinski definition) is 4. The summed E-state index contributed by atoms with van der Waals surface area (Å²) in [5.74, 6) is 0.206. The Morgan fingerprint density at radius 3 is 2.47 bits per heavy atom. The highest BCUT2D eigenvalue weighted by atomic mass is 35.5. The van der Waals surface area contributed by atoms with Crippen molar-refractivity contribution in [2.24, 2.45) is 5.41 Å². The molecule has 6 nitrogen and oxygen atoms in total. The van der Waals surface area contributed by atoms with Gasteiger partial charge in [-0.25, -0.2) is 12.8 Å². The number of ether oxygens (including phenoxy) is 1. The van der Waals surface area contributed by atoms with Crippen LogP contribution in [0.25, 0.3) is 0 Å². The molecule has 36 heavy (non-hydrogen) atoms. The van der Waals surface area contributed by atoms with Crippen LogP contribution in [0.3, 0.4) is 0 Å². The third-order valence-corrected chi connectivity index (χ3v) is 9.72. The number of aryl methyl sites for hydroxylation is 2. The topological polar surface area (TPSA) is 66.9 Å². The van der Waals surface area contributed by atoms with E-state index in [-0.39, 0.29) is 30.4 Å². The molecule has 2 heterocycles. The van der Waals surface area contributed by atoms with Gasteiger partial charge in [0.25, 0.3) is 0 Å². The van der Waals surface area contributed by atoms with Crippen molar-refractivity contribution < 1.29 is 22.3 Å². The molecule has 1 unspecified atom stereocenters. The second-order valence-corrected chi connectivity index (χ2v) is 12.5. The molecule has 4 rings (SSSR count). The van der Waals surface area contributed by atoms with Crippen molar-refractivity contribution in [1.29, 1.82) is 0 Å². The molecule has 0 saturated carbocycles. The van der Waals surface area contributed by atoms with E-state index in [2.05, 4.69) is 0 Å². The molecule has 0 aliphatic carbocycles. The molecule has 2 aliphatic rings. The minimum Gasteiger partial charge on any atom is -0.493 e. The fourth-order valence-corrected chi connectivity index (χ4v) is 7.16. The van der Waals surface area contributed by atoms with Gasteiger partial charge in [0.1, 0.15) is 11.6 Å². The van der Waals surface area contributed by atoms with E-state index in [1.54, 1.807) is 19.1 Å². The van der Waals surface area contributed by atoms with Gasteiger partial charge in [-0.2, -0.15) is 4.31 Å². The normalized spacial score (nSPS) is 21.4. The van der Waals surface area contributed by atoms with Crippen molar-refractivity contribution in [3.05, 3.63) is 58.4 Å². The predicted octanol–water partition coefficient (Wildman–Crippen LogP) is 5.35. The molecular formula is C27H34ClFN2O4S.